The minimum absolute atomic E-state index is 0.239. The van der Waals surface area contributed by atoms with Gasteiger partial charge in [-0.3, -0.25) is 0 Å². The third kappa shape index (κ3) is 1.64. The summed E-state index contributed by atoms with van der Waals surface area (Å²) < 4.78 is 23.2. The van der Waals surface area contributed by atoms with Crippen LogP contribution in [-0.4, -0.2) is 0 Å². The average Bonchev–Trinajstić information content (AvgIpc) is 2.20. The van der Waals surface area contributed by atoms with Crippen LogP contribution in [0.2, 0.25) is 0 Å². The van der Waals surface area contributed by atoms with Crippen molar-refractivity contribution in [3.8, 4) is 0 Å². The van der Waals surface area contributed by atoms with Gasteiger partial charge in [0.2, 0.25) is 0 Å². The number of hydrogen-bond acceptors (Lipinski definition) is 2. The summed E-state index contributed by atoms with van der Waals surface area (Å²) in [6.45, 7) is 0. The van der Waals surface area contributed by atoms with E-state index in [2.05, 4.69) is 0 Å². The summed E-state index contributed by atoms with van der Waals surface area (Å²) in [5.74, 6) is 0.223. The topological polar surface area (TPSA) is 18.5 Å². The highest BCUT2D eigenvalue weighted by molar-refractivity contribution is 5.36. The molecule has 0 N–H and O–H groups in total. The zero-order valence-electron chi connectivity index (χ0n) is 7.00. The normalized spacial score (nSPS) is 20.8. The van der Waals surface area contributed by atoms with Gasteiger partial charge >= 0.3 is 0 Å². The molecule has 0 spiro atoms. The molecule has 0 saturated heterocycles. The fraction of sp³-hybridized carbons (Fsp3) is 0.200. The molecule has 2 nitrogen and oxygen atoms in total. The summed E-state index contributed by atoms with van der Waals surface area (Å²) >= 11 is 0. The van der Waals surface area contributed by atoms with Crippen molar-refractivity contribution in [3.05, 3.63) is 48.1 Å². The molecule has 0 fully saturated rings. The Morgan fingerprint density at radius 3 is 2.92 bits per heavy atom. The number of hydrogen-bond donors (Lipinski definition) is 0. The molecule has 3 heteroatoms. The van der Waals surface area contributed by atoms with Gasteiger partial charge in [0.1, 0.15) is 24.6 Å². The molecular formula is C10H9FO2. The van der Waals surface area contributed by atoms with E-state index in [0.29, 0.717) is 17.8 Å². The molecule has 0 amide bonds. The minimum atomic E-state index is -0.239. The summed E-state index contributed by atoms with van der Waals surface area (Å²) in [4.78, 5) is 0. The summed E-state index contributed by atoms with van der Waals surface area (Å²) in [7, 11) is 0. The molecule has 0 atom stereocenters. The van der Waals surface area contributed by atoms with Gasteiger partial charge in [-0.15, -0.1) is 0 Å². The molecule has 13 heavy (non-hydrogen) atoms. The van der Waals surface area contributed by atoms with Crippen LogP contribution in [0, 0.1) is 0 Å². The first-order valence-corrected chi connectivity index (χ1v) is 4.11. The Labute approximate surface area is 75.6 Å². The third-order valence-corrected chi connectivity index (χ3v) is 1.92. The lowest BCUT2D eigenvalue weighted by atomic mass is 10.0. The largest absolute Gasteiger partial charge is 0.466 e. The van der Waals surface area contributed by atoms with Gasteiger partial charge in [-0.2, -0.15) is 0 Å². The van der Waals surface area contributed by atoms with E-state index < -0.39 is 0 Å². The second kappa shape index (κ2) is 3.47. The molecular weight excluding hydrogens is 171 g/mol. The fourth-order valence-electron chi connectivity index (χ4n) is 1.28. The second-order valence-corrected chi connectivity index (χ2v) is 2.78. The number of rotatable bonds is 1. The Balaban J connectivity index is 2.24. The van der Waals surface area contributed by atoms with Crippen LogP contribution in [0.15, 0.2) is 48.1 Å². The Morgan fingerprint density at radius 1 is 1.31 bits per heavy atom. The predicted molar refractivity (Wildman–Crippen MR) is 45.9 cm³/mol. The lowest BCUT2D eigenvalue weighted by Crippen LogP contribution is -2.00. The molecule has 2 rings (SSSR count). The van der Waals surface area contributed by atoms with Crippen LogP contribution in [0.5, 0.6) is 0 Å². The van der Waals surface area contributed by atoms with Crippen LogP contribution < -0.4 is 0 Å². The van der Waals surface area contributed by atoms with Crippen molar-refractivity contribution in [2.24, 2.45) is 0 Å². The Kier molecular flexibility index (Phi) is 2.17. The van der Waals surface area contributed by atoms with Gasteiger partial charge in [0.15, 0.2) is 5.76 Å². The number of allylic oxidation sites excluding steroid dienone is 4. The standard InChI is InChI=1S/C10H9FO2/c11-9-4-2-1-3-8(9)10-7-12-5-6-13-10/h2,4-7H,1,3H2. The molecule has 0 unspecified atom stereocenters. The molecule has 1 aliphatic heterocycles. The smallest absolute Gasteiger partial charge is 0.167 e. The Morgan fingerprint density at radius 2 is 2.23 bits per heavy atom. The zero-order chi connectivity index (χ0) is 9.10. The van der Waals surface area contributed by atoms with E-state index in [-0.39, 0.29) is 5.83 Å². The number of ether oxygens (including phenoxy) is 2. The van der Waals surface area contributed by atoms with Crippen LogP contribution in [-0.2, 0) is 9.47 Å². The Bertz CT molecular complexity index is 324. The summed E-state index contributed by atoms with van der Waals surface area (Å²) in [5, 5.41) is 0. The van der Waals surface area contributed by atoms with Gasteiger partial charge < -0.3 is 9.47 Å². The van der Waals surface area contributed by atoms with Crippen LogP contribution >= 0.6 is 0 Å². The maximum Gasteiger partial charge on any atom is 0.167 e. The molecule has 0 aromatic rings. The molecule has 0 saturated carbocycles. The first-order chi connectivity index (χ1) is 6.38. The maximum atomic E-state index is 13.2. The molecule has 2 aliphatic rings. The van der Waals surface area contributed by atoms with Crippen molar-refractivity contribution in [2.75, 3.05) is 0 Å². The zero-order valence-corrected chi connectivity index (χ0v) is 7.00. The van der Waals surface area contributed by atoms with Crippen molar-refractivity contribution < 1.29 is 13.9 Å². The van der Waals surface area contributed by atoms with Crippen molar-refractivity contribution in [3.63, 3.8) is 0 Å². The van der Waals surface area contributed by atoms with Gasteiger partial charge in [-0.25, -0.2) is 4.39 Å². The van der Waals surface area contributed by atoms with E-state index in [4.69, 9.17) is 9.47 Å². The first kappa shape index (κ1) is 8.10. The third-order valence-electron chi connectivity index (χ3n) is 1.92. The van der Waals surface area contributed by atoms with E-state index in [0.717, 1.165) is 6.42 Å². The van der Waals surface area contributed by atoms with E-state index in [1.807, 2.05) is 0 Å². The molecule has 1 heterocycles. The first-order valence-electron chi connectivity index (χ1n) is 4.11. The van der Waals surface area contributed by atoms with E-state index in [1.165, 1.54) is 24.9 Å². The van der Waals surface area contributed by atoms with E-state index in [1.54, 1.807) is 6.08 Å². The molecule has 68 valence electrons. The highest BCUT2D eigenvalue weighted by Crippen LogP contribution is 2.28. The summed E-state index contributed by atoms with van der Waals surface area (Å²) in [6, 6.07) is 0. The molecule has 0 aromatic carbocycles. The highest BCUT2D eigenvalue weighted by atomic mass is 19.1. The molecule has 0 radical (unpaired) electrons. The quantitative estimate of drug-likeness (QED) is 0.617. The highest BCUT2D eigenvalue weighted by Gasteiger charge is 2.15. The van der Waals surface area contributed by atoms with Crippen molar-refractivity contribution in [1.82, 2.24) is 0 Å². The lowest BCUT2D eigenvalue weighted by Gasteiger charge is -2.15. The van der Waals surface area contributed by atoms with Crippen LogP contribution in [0.25, 0.3) is 0 Å². The second-order valence-electron chi connectivity index (χ2n) is 2.78. The SMILES string of the molecule is FC1=C(C2=COC=CO2)CCC=C1. The van der Waals surface area contributed by atoms with Gasteiger partial charge in [0, 0.05) is 5.57 Å². The van der Waals surface area contributed by atoms with Gasteiger partial charge in [-0.05, 0) is 18.9 Å². The van der Waals surface area contributed by atoms with Gasteiger partial charge in [0.25, 0.3) is 0 Å². The van der Waals surface area contributed by atoms with E-state index >= 15 is 0 Å². The average molecular weight is 180 g/mol. The fourth-order valence-corrected chi connectivity index (χ4v) is 1.28. The van der Waals surface area contributed by atoms with Crippen LogP contribution in [0.1, 0.15) is 12.8 Å². The lowest BCUT2D eigenvalue weighted by molar-refractivity contribution is 0.260. The molecule has 0 bridgehead atoms. The summed E-state index contributed by atoms with van der Waals surface area (Å²) in [5.41, 5.74) is 0.576. The van der Waals surface area contributed by atoms with Gasteiger partial charge in [-0.1, -0.05) is 6.08 Å². The maximum absolute atomic E-state index is 13.2. The minimum Gasteiger partial charge on any atom is -0.466 e. The van der Waals surface area contributed by atoms with Crippen LogP contribution in [0.3, 0.4) is 0 Å². The number of halogens is 1. The monoisotopic (exact) mass is 180 g/mol. The van der Waals surface area contributed by atoms with Crippen molar-refractivity contribution in [1.29, 1.82) is 0 Å². The van der Waals surface area contributed by atoms with Crippen molar-refractivity contribution in [2.45, 2.75) is 12.8 Å². The summed E-state index contributed by atoms with van der Waals surface area (Å²) in [6.07, 6.45) is 8.97. The molecule has 1 aliphatic carbocycles. The van der Waals surface area contributed by atoms with Crippen LogP contribution in [0.4, 0.5) is 4.39 Å². The molecule has 0 aromatic heterocycles. The Hall–Kier alpha value is -1.51. The van der Waals surface area contributed by atoms with E-state index in [9.17, 15) is 4.39 Å². The van der Waals surface area contributed by atoms with Gasteiger partial charge in [0.05, 0.1) is 0 Å². The van der Waals surface area contributed by atoms with Crippen molar-refractivity contribution >= 4 is 0 Å². The predicted octanol–water partition coefficient (Wildman–Crippen LogP) is 2.92.